The van der Waals surface area contributed by atoms with Gasteiger partial charge in [-0.1, -0.05) is 19.1 Å². The Morgan fingerprint density at radius 1 is 1.31 bits per heavy atom. The molecule has 4 heteroatoms. The molecule has 0 spiro atoms. The lowest BCUT2D eigenvalue weighted by molar-refractivity contribution is 0.774. The topological polar surface area (TPSA) is 0 Å². The Bertz CT molecular complexity index is 373. The molecule has 0 saturated carbocycles. The molecule has 1 saturated heterocycles. The first-order valence-electron chi connectivity index (χ1n) is 5.62. The van der Waals surface area contributed by atoms with Gasteiger partial charge in [-0.2, -0.15) is 0 Å². The van der Waals surface area contributed by atoms with Crippen molar-refractivity contribution in [1.29, 1.82) is 0 Å². The zero-order valence-electron chi connectivity index (χ0n) is 9.73. The molecule has 88 valence electrons. The number of hydrogen-bond donors (Lipinski definition) is 0. The molecule has 0 aromatic rings. The Morgan fingerprint density at radius 3 is 2.75 bits per heavy atom. The summed E-state index contributed by atoms with van der Waals surface area (Å²) < 4.78 is 0.337. The van der Waals surface area contributed by atoms with Gasteiger partial charge in [-0.05, 0) is 29.4 Å². The van der Waals surface area contributed by atoms with E-state index in [0.717, 1.165) is 16.4 Å². The Morgan fingerprint density at radius 2 is 2.12 bits per heavy atom. The largest absolute Gasteiger partial charge is 0.133 e. The van der Waals surface area contributed by atoms with Crippen LogP contribution >= 0.6 is 47.0 Å². The van der Waals surface area contributed by atoms with E-state index in [1.165, 1.54) is 6.42 Å². The zero-order chi connectivity index (χ0) is 11.3. The average Bonchev–Trinajstić information content (AvgIpc) is 2.81. The summed E-state index contributed by atoms with van der Waals surface area (Å²) in [4.78, 5) is 1.67. The monoisotopic (exact) mass is 288 g/mol. The fourth-order valence-electron chi connectivity index (χ4n) is 2.89. The highest BCUT2D eigenvalue weighted by atomic mass is 32.3. The summed E-state index contributed by atoms with van der Waals surface area (Å²) in [6, 6.07) is 0. The minimum absolute atomic E-state index is 0.337. The molecule has 0 unspecified atom stereocenters. The summed E-state index contributed by atoms with van der Waals surface area (Å²) in [5.74, 6) is 0.718. The molecule has 2 bridgehead atoms. The standard InChI is InChI=1S/C12H16S4/c1-4-8-10(13-2)7-5-6-9-11(7)16-12(8,14-3)15-9/h5-7,9,11H,4H2,1-3H3/t7-,9+,11-,12+/m0/s1. The Labute approximate surface area is 115 Å². The van der Waals surface area contributed by atoms with Gasteiger partial charge in [0, 0.05) is 16.4 Å². The zero-order valence-corrected chi connectivity index (χ0v) is 13.0. The fourth-order valence-corrected chi connectivity index (χ4v) is 9.95. The van der Waals surface area contributed by atoms with Crippen LogP contribution in [0.5, 0.6) is 0 Å². The molecule has 1 fully saturated rings. The van der Waals surface area contributed by atoms with E-state index in [0.29, 0.717) is 3.41 Å². The van der Waals surface area contributed by atoms with Crippen LogP contribution in [0.15, 0.2) is 22.6 Å². The minimum atomic E-state index is 0.337. The summed E-state index contributed by atoms with van der Waals surface area (Å²) in [6.45, 7) is 2.32. The van der Waals surface area contributed by atoms with E-state index in [4.69, 9.17) is 0 Å². The van der Waals surface area contributed by atoms with E-state index in [1.54, 1.807) is 10.5 Å². The quantitative estimate of drug-likeness (QED) is 0.703. The van der Waals surface area contributed by atoms with Gasteiger partial charge in [-0.3, -0.25) is 0 Å². The molecule has 4 atom stereocenters. The third-order valence-electron chi connectivity index (χ3n) is 3.58. The van der Waals surface area contributed by atoms with Gasteiger partial charge in [-0.25, -0.2) is 0 Å². The molecule has 1 aliphatic carbocycles. The number of fused-ring (bicyclic) bond motifs is 1. The second-order valence-corrected chi connectivity index (χ2v) is 9.67. The van der Waals surface area contributed by atoms with Crippen molar-refractivity contribution in [3.05, 3.63) is 22.6 Å². The SMILES string of the molecule is CCC1=C(SC)[C@@H]2C=C[C@H]3S[C@@]1(SC)S[C@H]32. The van der Waals surface area contributed by atoms with E-state index in [2.05, 4.69) is 55.1 Å². The van der Waals surface area contributed by atoms with Gasteiger partial charge >= 0.3 is 0 Å². The first-order valence-corrected chi connectivity index (χ1v) is 9.83. The minimum Gasteiger partial charge on any atom is -0.133 e. The molecule has 2 aliphatic heterocycles. The van der Waals surface area contributed by atoms with Crippen LogP contribution in [0, 0.1) is 5.92 Å². The molecular formula is C12H16S4. The molecule has 16 heavy (non-hydrogen) atoms. The first kappa shape index (κ1) is 11.9. The fraction of sp³-hybridized carbons (Fsp3) is 0.667. The van der Waals surface area contributed by atoms with E-state index >= 15 is 0 Å². The lowest BCUT2D eigenvalue weighted by atomic mass is 10.0. The Balaban J connectivity index is 2.14. The summed E-state index contributed by atoms with van der Waals surface area (Å²) in [5.41, 5.74) is 1.70. The first-order chi connectivity index (χ1) is 7.75. The predicted molar refractivity (Wildman–Crippen MR) is 82.5 cm³/mol. The van der Waals surface area contributed by atoms with E-state index < -0.39 is 0 Å². The molecular weight excluding hydrogens is 272 g/mol. The highest BCUT2D eigenvalue weighted by Crippen LogP contribution is 2.70. The molecule has 0 N–H and O–H groups in total. The van der Waals surface area contributed by atoms with Crippen LogP contribution in [-0.4, -0.2) is 26.4 Å². The maximum absolute atomic E-state index is 2.46. The van der Waals surface area contributed by atoms with Crippen LogP contribution in [0.3, 0.4) is 0 Å². The third-order valence-corrected chi connectivity index (χ3v) is 10.3. The van der Waals surface area contributed by atoms with Crippen LogP contribution < -0.4 is 0 Å². The van der Waals surface area contributed by atoms with Crippen molar-refractivity contribution in [3.63, 3.8) is 0 Å². The van der Waals surface area contributed by atoms with E-state index in [9.17, 15) is 0 Å². The predicted octanol–water partition coefficient (Wildman–Crippen LogP) is 4.45. The maximum Gasteiger partial charge on any atom is 0.130 e. The molecule has 0 amide bonds. The smallest absolute Gasteiger partial charge is 0.130 e. The van der Waals surface area contributed by atoms with Gasteiger partial charge in [0.15, 0.2) is 0 Å². The van der Waals surface area contributed by atoms with Crippen molar-refractivity contribution in [2.75, 3.05) is 12.5 Å². The molecule has 3 rings (SSSR count). The van der Waals surface area contributed by atoms with Gasteiger partial charge in [0.1, 0.15) is 3.41 Å². The molecule has 2 heterocycles. The van der Waals surface area contributed by atoms with Crippen LogP contribution in [0.2, 0.25) is 0 Å². The Hall–Kier alpha value is 0.880. The second-order valence-electron chi connectivity index (χ2n) is 4.24. The van der Waals surface area contributed by atoms with Gasteiger partial charge in [0.2, 0.25) is 0 Å². The molecule has 0 aromatic heterocycles. The number of rotatable bonds is 3. The Kier molecular flexibility index (Phi) is 3.15. The van der Waals surface area contributed by atoms with Gasteiger partial charge in [0.05, 0.1) is 0 Å². The molecule has 0 radical (unpaired) electrons. The lowest BCUT2D eigenvalue weighted by Gasteiger charge is -2.37. The van der Waals surface area contributed by atoms with E-state index in [1.807, 2.05) is 23.5 Å². The van der Waals surface area contributed by atoms with Crippen LogP contribution in [0.1, 0.15) is 13.3 Å². The van der Waals surface area contributed by atoms with Crippen molar-refractivity contribution < 1.29 is 0 Å². The number of hydrogen-bond acceptors (Lipinski definition) is 4. The average molecular weight is 289 g/mol. The normalized spacial score (nSPS) is 44.6. The highest BCUT2D eigenvalue weighted by molar-refractivity contribution is 8.36. The van der Waals surface area contributed by atoms with E-state index in [-0.39, 0.29) is 0 Å². The maximum atomic E-state index is 2.46. The summed E-state index contributed by atoms with van der Waals surface area (Å²) in [7, 11) is 0. The van der Waals surface area contributed by atoms with Crippen molar-refractivity contribution in [3.8, 4) is 0 Å². The molecule has 0 nitrogen and oxygen atoms in total. The second kappa shape index (κ2) is 4.22. The van der Waals surface area contributed by atoms with Crippen molar-refractivity contribution in [2.45, 2.75) is 27.3 Å². The van der Waals surface area contributed by atoms with Crippen LogP contribution in [0.25, 0.3) is 0 Å². The number of allylic oxidation sites excluding steroid dienone is 2. The lowest BCUT2D eigenvalue weighted by Crippen LogP contribution is -2.27. The van der Waals surface area contributed by atoms with Gasteiger partial charge in [0.25, 0.3) is 0 Å². The highest BCUT2D eigenvalue weighted by Gasteiger charge is 2.56. The van der Waals surface area contributed by atoms with Crippen LogP contribution in [-0.2, 0) is 0 Å². The van der Waals surface area contributed by atoms with Crippen LogP contribution in [0.4, 0.5) is 0 Å². The third kappa shape index (κ3) is 1.42. The van der Waals surface area contributed by atoms with Crippen molar-refractivity contribution in [1.82, 2.24) is 0 Å². The van der Waals surface area contributed by atoms with Crippen molar-refractivity contribution >= 4 is 47.0 Å². The number of thioether (sulfide) groups is 4. The summed E-state index contributed by atoms with van der Waals surface area (Å²) in [5, 5.41) is 1.57. The summed E-state index contributed by atoms with van der Waals surface area (Å²) >= 11 is 8.45. The molecule has 0 aromatic carbocycles. The molecule has 3 aliphatic rings. The van der Waals surface area contributed by atoms with Crippen molar-refractivity contribution in [2.24, 2.45) is 5.92 Å². The summed E-state index contributed by atoms with van der Waals surface area (Å²) in [6.07, 6.45) is 10.6. The van der Waals surface area contributed by atoms with Gasteiger partial charge in [-0.15, -0.1) is 47.0 Å². The van der Waals surface area contributed by atoms with Gasteiger partial charge < -0.3 is 0 Å².